The lowest BCUT2D eigenvalue weighted by Gasteiger charge is -2.27. The predicted molar refractivity (Wildman–Crippen MR) is 184 cm³/mol. The number of benzene rings is 2. The fourth-order valence-electron chi connectivity index (χ4n) is 5.59. The van der Waals surface area contributed by atoms with Crippen molar-refractivity contribution in [3.05, 3.63) is 122 Å². The van der Waals surface area contributed by atoms with Crippen LogP contribution in [0.5, 0.6) is 0 Å². The number of nitrogens with one attached hydrogen (secondary N) is 1. The van der Waals surface area contributed by atoms with Crippen molar-refractivity contribution in [2.75, 3.05) is 31.6 Å². The van der Waals surface area contributed by atoms with E-state index in [1.807, 2.05) is 32.9 Å². The Bertz CT molecular complexity index is 2070. The van der Waals surface area contributed by atoms with Crippen molar-refractivity contribution in [1.29, 1.82) is 0 Å². The first-order valence-corrected chi connectivity index (χ1v) is 15.5. The van der Waals surface area contributed by atoms with E-state index in [0.29, 0.717) is 65.6 Å². The Morgan fingerprint density at radius 3 is 2.49 bits per heavy atom. The van der Waals surface area contributed by atoms with Gasteiger partial charge in [0.2, 0.25) is 5.91 Å². The fraction of sp³-hybridized carbons (Fsp3) is 0.297. The van der Waals surface area contributed by atoms with Gasteiger partial charge in [-0.2, -0.15) is 5.10 Å². The van der Waals surface area contributed by atoms with Gasteiger partial charge in [-0.1, -0.05) is 38.1 Å². The van der Waals surface area contributed by atoms with E-state index in [0.717, 1.165) is 11.1 Å². The van der Waals surface area contributed by atoms with E-state index in [1.165, 1.54) is 15.3 Å². The molecule has 2 aromatic heterocycles. The summed E-state index contributed by atoms with van der Waals surface area (Å²) in [5, 5.41) is 8.17. The number of amides is 1. The number of nitrogens with zero attached hydrogens (tertiary/aromatic N) is 4. The number of pyridine rings is 1. The molecule has 4 aromatic rings. The molecule has 9 nitrogen and oxygen atoms in total. The van der Waals surface area contributed by atoms with Crippen LogP contribution in [0, 0.1) is 12.7 Å². The minimum Gasteiger partial charge on any atom is -0.378 e. The number of rotatable bonds is 8. The van der Waals surface area contributed by atoms with E-state index in [4.69, 9.17) is 4.74 Å². The highest BCUT2D eigenvalue weighted by Crippen LogP contribution is 2.30. The van der Waals surface area contributed by atoms with Gasteiger partial charge in [-0.3, -0.25) is 19.0 Å². The Labute approximate surface area is 273 Å². The number of hydrogen-bond acceptors (Lipinski definition) is 6. The Morgan fingerprint density at radius 2 is 1.79 bits per heavy atom. The Hall–Kier alpha value is -5.09. The second kappa shape index (κ2) is 13.3. The van der Waals surface area contributed by atoms with Gasteiger partial charge in [-0.05, 0) is 73.7 Å². The highest BCUT2D eigenvalue weighted by atomic mass is 19.1. The molecule has 0 saturated carbocycles. The summed E-state index contributed by atoms with van der Waals surface area (Å²) in [6.07, 6.45) is 6.89. The van der Waals surface area contributed by atoms with Gasteiger partial charge >= 0.3 is 0 Å². The number of halogens is 1. The third-order valence-electron chi connectivity index (χ3n) is 8.67. The molecule has 0 aliphatic carbocycles. The molecule has 1 amide bonds. The zero-order valence-corrected chi connectivity index (χ0v) is 27.7. The first-order valence-electron chi connectivity index (χ1n) is 15.5. The molecule has 1 N–H and O–H groups in total. The van der Waals surface area contributed by atoms with Crippen LogP contribution >= 0.6 is 0 Å². The molecule has 47 heavy (non-hydrogen) atoms. The molecule has 2 aromatic carbocycles. The van der Waals surface area contributed by atoms with Crippen LogP contribution < -0.4 is 16.4 Å². The summed E-state index contributed by atoms with van der Waals surface area (Å²) in [5.41, 5.74) is 3.49. The van der Waals surface area contributed by atoms with Crippen molar-refractivity contribution < 1.29 is 13.9 Å². The molecule has 1 aliphatic rings. The van der Waals surface area contributed by atoms with Gasteiger partial charge in [0.25, 0.3) is 11.1 Å². The van der Waals surface area contributed by atoms with Crippen LogP contribution in [-0.4, -0.2) is 51.5 Å². The Kier molecular flexibility index (Phi) is 9.44. The highest BCUT2D eigenvalue weighted by Gasteiger charge is 2.21. The number of hydrogen-bond donors (Lipinski definition) is 1. The zero-order valence-electron chi connectivity index (χ0n) is 27.7. The first kappa shape index (κ1) is 33.3. The molecule has 1 saturated heterocycles. The molecule has 0 bridgehead atoms. The van der Waals surface area contributed by atoms with Gasteiger partial charge in [0.15, 0.2) is 0 Å². The lowest BCUT2D eigenvalue weighted by atomic mass is 9.84. The average molecular weight is 638 g/mol. The maximum Gasteiger partial charge on any atom is 0.290 e. The van der Waals surface area contributed by atoms with E-state index >= 15 is 4.39 Å². The van der Waals surface area contributed by atoms with E-state index in [-0.39, 0.29) is 16.9 Å². The average Bonchev–Trinajstić information content (AvgIpc) is 3.06. The maximum atomic E-state index is 15.4. The van der Waals surface area contributed by atoms with Gasteiger partial charge in [0.1, 0.15) is 11.5 Å². The number of carbonyl (C=O) groups excluding carboxylic acids is 1. The molecular formula is C37H40FN5O4. The number of allylic oxidation sites excluding steroid dienone is 4. The van der Waals surface area contributed by atoms with Gasteiger partial charge in [-0.15, -0.1) is 6.58 Å². The molecule has 0 unspecified atom stereocenters. The number of aromatic nitrogens is 3. The number of fused-ring (bicyclic) bond motifs is 1. The van der Waals surface area contributed by atoms with Crippen LogP contribution in [0.2, 0.25) is 0 Å². The molecule has 244 valence electrons. The summed E-state index contributed by atoms with van der Waals surface area (Å²) in [7, 11) is 1.57. The quantitative estimate of drug-likeness (QED) is 0.149. The zero-order chi connectivity index (χ0) is 34.0. The van der Waals surface area contributed by atoms with Crippen LogP contribution in [0.25, 0.3) is 27.7 Å². The number of anilines is 1. The molecular weight excluding hydrogens is 597 g/mol. The largest absolute Gasteiger partial charge is 0.378 e. The van der Waals surface area contributed by atoms with E-state index < -0.39 is 16.8 Å². The molecule has 10 heteroatoms. The van der Waals surface area contributed by atoms with Crippen molar-refractivity contribution >= 4 is 22.4 Å². The first-order chi connectivity index (χ1) is 22.3. The molecule has 1 fully saturated rings. The van der Waals surface area contributed by atoms with Crippen molar-refractivity contribution in [2.45, 2.75) is 40.0 Å². The summed E-state index contributed by atoms with van der Waals surface area (Å²) >= 11 is 0. The van der Waals surface area contributed by atoms with Crippen LogP contribution in [0.4, 0.5) is 10.1 Å². The minimum atomic E-state index is -0.588. The van der Waals surface area contributed by atoms with E-state index in [9.17, 15) is 14.4 Å². The third-order valence-corrected chi connectivity index (χ3v) is 8.67. The molecule has 0 spiro atoms. The molecule has 1 aliphatic heterocycles. The summed E-state index contributed by atoms with van der Waals surface area (Å²) < 4.78 is 23.5. The van der Waals surface area contributed by atoms with Gasteiger partial charge in [-0.25, -0.2) is 9.07 Å². The topological polar surface area (TPSA) is 98.5 Å². The van der Waals surface area contributed by atoms with Gasteiger partial charge in [0.05, 0.1) is 30.0 Å². The van der Waals surface area contributed by atoms with Crippen molar-refractivity contribution in [2.24, 2.45) is 7.05 Å². The van der Waals surface area contributed by atoms with Crippen LogP contribution in [0.3, 0.4) is 0 Å². The van der Waals surface area contributed by atoms with Crippen LogP contribution in [0.15, 0.2) is 94.3 Å². The lowest BCUT2D eigenvalue weighted by molar-refractivity contribution is -0.131. The van der Waals surface area contributed by atoms with E-state index in [1.54, 1.807) is 74.5 Å². The summed E-state index contributed by atoms with van der Waals surface area (Å²) in [5.74, 6) is -0.639. The molecule has 0 radical (unpaired) electrons. The predicted octanol–water partition coefficient (Wildman–Crippen LogP) is 5.78. The number of ether oxygens (including phenoxy) is 1. The van der Waals surface area contributed by atoms with Crippen LogP contribution in [0.1, 0.15) is 38.8 Å². The van der Waals surface area contributed by atoms with E-state index in [2.05, 4.69) is 17.0 Å². The van der Waals surface area contributed by atoms with Crippen molar-refractivity contribution in [1.82, 2.24) is 19.2 Å². The monoisotopic (exact) mass is 637 g/mol. The second-order valence-corrected chi connectivity index (χ2v) is 12.4. The molecule has 0 atom stereocenters. The summed E-state index contributed by atoms with van der Waals surface area (Å²) in [6, 6.07) is 12.1. The standard InChI is InChI=1S/C37H40FN5O4/c1-8-37(5,6)27-20-26-14-15-43(36(46)33(26)29(38)21-27)32-11-9-10-28(25(32)4)30-22-31(35(45)41(7)40-30)39-24(3)13-12-23(2)34(44)42-16-18-47-19-17-42/h8-15,20-22,39H,1,16-19H2,2-7H3/b23-12+,24-13+. The second-order valence-electron chi connectivity index (χ2n) is 12.4. The highest BCUT2D eigenvalue weighted by molar-refractivity contribution is 5.93. The SMILES string of the molecule is C=CC(C)(C)c1cc(F)c2c(=O)n(-c3cccc(-c4cc(N/C(C)=C/C=C(\C)C(=O)N5CCOCC5)c(=O)n(C)n4)c3C)ccc2c1. The minimum absolute atomic E-state index is 0.00540. The lowest BCUT2D eigenvalue weighted by Crippen LogP contribution is -2.41. The molecule has 5 rings (SSSR count). The molecule has 3 heterocycles. The number of carbonyl (C=O) groups is 1. The summed E-state index contributed by atoms with van der Waals surface area (Å²) in [4.78, 5) is 41.2. The van der Waals surface area contributed by atoms with Gasteiger partial charge in [0, 0.05) is 48.6 Å². The van der Waals surface area contributed by atoms with Gasteiger partial charge < -0.3 is 15.0 Å². The smallest absolute Gasteiger partial charge is 0.290 e. The van der Waals surface area contributed by atoms with Crippen molar-refractivity contribution in [3.63, 3.8) is 0 Å². The van der Waals surface area contributed by atoms with Crippen molar-refractivity contribution in [3.8, 4) is 16.9 Å². The van der Waals surface area contributed by atoms with Crippen LogP contribution in [-0.2, 0) is 22.0 Å². The number of morpholine rings is 1. The Balaban J connectivity index is 1.48. The Morgan fingerprint density at radius 1 is 1.06 bits per heavy atom. The number of aryl methyl sites for hydroxylation is 1. The summed E-state index contributed by atoms with van der Waals surface area (Å²) in [6.45, 7) is 15.3. The third kappa shape index (κ3) is 6.73. The normalized spacial score (nSPS) is 14.4. The maximum absolute atomic E-state index is 15.4. The fourth-order valence-corrected chi connectivity index (χ4v) is 5.59.